The molecule has 0 heterocycles. The van der Waals surface area contributed by atoms with Gasteiger partial charge in [-0.05, 0) is 42.5 Å². The van der Waals surface area contributed by atoms with E-state index in [1.807, 2.05) is 0 Å². The normalized spacial score (nSPS) is 10.0. The number of amides is 1. The van der Waals surface area contributed by atoms with Crippen LogP contribution in [-0.4, -0.2) is 15.9 Å². The van der Waals surface area contributed by atoms with Crippen LogP contribution < -0.4 is 10.6 Å². The highest BCUT2D eigenvalue weighted by atomic mass is 35.5. The molecular weight excluding hydrogens is 345 g/mol. The number of carbonyl (C=O) groups excluding carboxylic acids is 1. The van der Waals surface area contributed by atoms with E-state index in [-0.39, 0.29) is 16.5 Å². The molecule has 1 amide bonds. The molecule has 9 heteroatoms. The van der Waals surface area contributed by atoms with Crippen molar-refractivity contribution in [2.45, 2.75) is 0 Å². The minimum Gasteiger partial charge on any atom is -0.330 e. The zero-order chi connectivity index (χ0) is 17.0. The summed E-state index contributed by atoms with van der Waals surface area (Å²) in [7, 11) is 0. The lowest BCUT2D eigenvalue weighted by molar-refractivity contribution is -0.384. The molecule has 0 radical (unpaired) electrons. The Kier molecular flexibility index (Phi) is 5.20. The Bertz CT molecular complexity index is 783. The Morgan fingerprint density at radius 2 is 1.87 bits per heavy atom. The van der Waals surface area contributed by atoms with Gasteiger partial charge in [0.25, 0.3) is 11.6 Å². The first-order valence-corrected chi connectivity index (χ1v) is 6.97. The SMILES string of the molecule is O=C(NC(=S)Nc1cc([N+](=O)[O-])ccc1F)c1ccc(Cl)cc1. The van der Waals surface area contributed by atoms with Gasteiger partial charge in [0.2, 0.25) is 0 Å². The molecule has 0 spiro atoms. The van der Waals surface area contributed by atoms with Crippen LogP contribution in [0.2, 0.25) is 5.02 Å². The number of nitrogens with one attached hydrogen (secondary N) is 2. The molecule has 0 unspecified atom stereocenters. The lowest BCUT2D eigenvalue weighted by atomic mass is 10.2. The molecule has 0 bridgehead atoms. The van der Waals surface area contributed by atoms with Crippen molar-refractivity contribution >= 4 is 46.2 Å². The van der Waals surface area contributed by atoms with E-state index in [0.29, 0.717) is 10.6 Å². The number of carbonyl (C=O) groups is 1. The van der Waals surface area contributed by atoms with E-state index >= 15 is 0 Å². The molecule has 0 aromatic heterocycles. The van der Waals surface area contributed by atoms with Gasteiger partial charge in [0.1, 0.15) is 5.82 Å². The summed E-state index contributed by atoms with van der Waals surface area (Å²) in [5.41, 5.74) is -0.209. The molecule has 0 saturated carbocycles. The average molecular weight is 354 g/mol. The average Bonchev–Trinajstić information content (AvgIpc) is 2.49. The van der Waals surface area contributed by atoms with Crippen LogP contribution >= 0.6 is 23.8 Å². The quantitative estimate of drug-likeness (QED) is 0.501. The van der Waals surface area contributed by atoms with Crippen molar-refractivity contribution < 1.29 is 14.1 Å². The van der Waals surface area contributed by atoms with E-state index in [1.165, 1.54) is 24.3 Å². The Morgan fingerprint density at radius 1 is 1.22 bits per heavy atom. The van der Waals surface area contributed by atoms with Crippen LogP contribution in [0.5, 0.6) is 0 Å². The highest BCUT2D eigenvalue weighted by Crippen LogP contribution is 2.21. The van der Waals surface area contributed by atoms with Gasteiger partial charge in [0.05, 0.1) is 10.6 Å². The summed E-state index contributed by atoms with van der Waals surface area (Å²) in [5, 5.41) is 15.7. The molecule has 23 heavy (non-hydrogen) atoms. The fourth-order valence-electron chi connectivity index (χ4n) is 1.65. The highest BCUT2D eigenvalue weighted by Gasteiger charge is 2.13. The third-order valence-electron chi connectivity index (χ3n) is 2.74. The number of nitro groups is 1. The van der Waals surface area contributed by atoms with Crippen molar-refractivity contribution in [1.82, 2.24) is 5.32 Å². The lowest BCUT2D eigenvalue weighted by Gasteiger charge is -2.10. The third kappa shape index (κ3) is 4.44. The number of nitrogens with zero attached hydrogens (tertiary/aromatic N) is 1. The van der Waals surface area contributed by atoms with Crippen LogP contribution in [0.25, 0.3) is 0 Å². The van der Waals surface area contributed by atoms with Crippen molar-refractivity contribution in [3.63, 3.8) is 0 Å². The number of anilines is 1. The van der Waals surface area contributed by atoms with Gasteiger partial charge in [-0.15, -0.1) is 0 Å². The first-order chi connectivity index (χ1) is 10.9. The first kappa shape index (κ1) is 16.8. The lowest BCUT2D eigenvalue weighted by Crippen LogP contribution is -2.34. The number of nitro benzene ring substituents is 1. The number of halogens is 2. The second-order valence-corrected chi connectivity index (χ2v) is 5.18. The number of benzene rings is 2. The minimum absolute atomic E-state index is 0.190. The molecule has 0 saturated heterocycles. The predicted molar refractivity (Wildman–Crippen MR) is 88.2 cm³/mol. The summed E-state index contributed by atoms with van der Waals surface area (Å²) in [6.45, 7) is 0. The Morgan fingerprint density at radius 3 is 2.48 bits per heavy atom. The van der Waals surface area contributed by atoms with Gasteiger partial charge in [-0.3, -0.25) is 20.2 Å². The van der Waals surface area contributed by atoms with Crippen LogP contribution in [-0.2, 0) is 0 Å². The van der Waals surface area contributed by atoms with E-state index in [1.54, 1.807) is 0 Å². The van der Waals surface area contributed by atoms with Gasteiger partial charge >= 0.3 is 0 Å². The van der Waals surface area contributed by atoms with E-state index in [9.17, 15) is 19.3 Å². The molecule has 118 valence electrons. The topological polar surface area (TPSA) is 84.3 Å². The van der Waals surface area contributed by atoms with Crippen LogP contribution in [0.4, 0.5) is 15.8 Å². The molecule has 2 aromatic carbocycles. The molecule has 2 aromatic rings. The smallest absolute Gasteiger partial charge is 0.271 e. The third-order valence-corrected chi connectivity index (χ3v) is 3.20. The number of rotatable bonds is 3. The number of non-ortho nitro benzene ring substituents is 1. The highest BCUT2D eigenvalue weighted by molar-refractivity contribution is 7.80. The molecule has 0 aliphatic heterocycles. The van der Waals surface area contributed by atoms with Crippen molar-refractivity contribution in [3.8, 4) is 0 Å². The van der Waals surface area contributed by atoms with Gasteiger partial charge in [-0.1, -0.05) is 11.6 Å². The maximum Gasteiger partial charge on any atom is 0.271 e. The predicted octanol–water partition coefficient (Wildman–Crippen LogP) is 3.51. The Hall–Kier alpha value is -2.58. The fraction of sp³-hybridized carbons (Fsp3) is 0. The largest absolute Gasteiger partial charge is 0.330 e. The van der Waals surface area contributed by atoms with Crippen LogP contribution in [0.15, 0.2) is 42.5 Å². The van der Waals surface area contributed by atoms with Crippen molar-refractivity contribution in [2.75, 3.05) is 5.32 Å². The van der Waals surface area contributed by atoms with Crippen molar-refractivity contribution in [1.29, 1.82) is 0 Å². The molecule has 6 nitrogen and oxygen atoms in total. The maximum absolute atomic E-state index is 13.6. The van der Waals surface area contributed by atoms with Crippen molar-refractivity contribution in [2.24, 2.45) is 0 Å². The van der Waals surface area contributed by atoms with Gasteiger partial charge in [0, 0.05) is 22.7 Å². The molecule has 0 aliphatic rings. The summed E-state index contributed by atoms with van der Waals surface area (Å²) >= 11 is 10.6. The maximum atomic E-state index is 13.6. The molecule has 0 atom stereocenters. The van der Waals surface area contributed by atoms with Crippen LogP contribution in [0.3, 0.4) is 0 Å². The second-order valence-electron chi connectivity index (χ2n) is 4.34. The Labute approximate surface area is 140 Å². The standard InChI is InChI=1S/C14H9ClFN3O3S/c15-9-3-1-8(2-4-9)13(20)18-14(23)17-12-7-10(19(21)22)5-6-11(12)16/h1-7H,(H2,17,18,20,23). The molecule has 0 fully saturated rings. The number of thiocarbonyl (C=S) groups is 1. The Balaban J connectivity index is 2.07. The fourth-order valence-corrected chi connectivity index (χ4v) is 1.98. The van der Waals surface area contributed by atoms with Gasteiger partial charge in [0.15, 0.2) is 5.11 Å². The number of hydrogen-bond acceptors (Lipinski definition) is 4. The summed E-state index contributed by atoms with van der Waals surface area (Å²) in [4.78, 5) is 21.9. The first-order valence-electron chi connectivity index (χ1n) is 6.18. The zero-order valence-corrected chi connectivity index (χ0v) is 13.0. The van der Waals surface area contributed by atoms with E-state index in [0.717, 1.165) is 18.2 Å². The molecular formula is C14H9ClFN3O3S. The van der Waals surface area contributed by atoms with Gasteiger partial charge in [-0.2, -0.15) is 0 Å². The molecule has 2 rings (SSSR count). The van der Waals surface area contributed by atoms with Gasteiger partial charge < -0.3 is 5.32 Å². The van der Waals surface area contributed by atoms with E-state index in [2.05, 4.69) is 10.6 Å². The number of hydrogen-bond donors (Lipinski definition) is 2. The second kappa shape index (κ2) is 7.12. The van der Waals surface area contributed by atoms with Gasteiger partial charge in [-0.25, -0.2) is 4.39 Å². The minimum atomic E-state index is -0.737. The van der Waals surface area contributed by atoms with Crippen LogP contribution in [0.1, 0.15) is 10.4 Å². The summed E-state index contributed by atoms with van der Waals surface area (Å²) in [5.74, 6) is -1.26. The van der Waals surface area contributed by atoms with E-state index in [4.69, 9.17) is 23.8 Å². The zero-order valence-electron chi connectivity index (χ0n) is 11.4. The monoisotopic (exact) mass is 353 g/mol. The summed E-state index contributed by atoms with van der Waals surface area (Å²) < 4.78 is 13.6. The van der Waals surface area contributed by atoms with Crippen LogP contribution in [0, 0.1) is 15.9 Å². The van der Waals surface area contributed by atoms with Crippen molar-refractivity contribution in [3.05, 3.63) is 69.0 Å². The summed E-state index contributed by atoms with van der Waals surface area (Å²) in [6, 6.07) is 9.00. The molecule has 0 aliphatic carbocycles. The summed E-state index contributed by atoms with van der Waals surface area (Å²) in [6.07, 6.45) is 0. The molecule has 2 N–H and O–H groups in total. The van der Waals surface area contributed by atoms with E-state index < -0.39 is 16.6 Å².